The second kappa shape index (κ2) is 4.36. The third-order valence-corrected chi connectivity index (χ3v) is 1.68. The van der Waals surface area contributed by atoms with Gasteiger partial charge >= 0.3 is 5.97 Å². The Balaban J connectivity index is 2.62. The number of carboxylic acid groups (broad SMARTS) is 1. The molecule has 5 nitrogen and oxygen atoms in total. The number of rotatable bonds is 3. The van der Waals surface area contributed by atoms with Crippen LogP contribution in [0.5, 0.6) is 0 Å². The van der Waals surface area contributed by atoms with E-state index in [1.54, 1.807) is 18.2 Å². The number of nitrogens with one attached hydrogen (secondary N) is 1. The summed E-state index contributed by atoms with van der Waals surface area (Å²) < 4.78 is 0. The molecule has 0 spiro atoms. The summed E-state index contributed by atoms with van der Waals surface area (Å²) >= 11 is 0. The number of hydrogen-bond acceptors (Lipinski definition) is 3. The molecule has 1 unspecified atom stereocenters. The number of aromatic nitrogens is 1. The monoisotopic (exact) mass is 194 g/mol. The fourth-order valence-corrected chi connectivity index (χ4v) is 0.783. The van der Waals surface area contributed by atoms with E-state index in [1.165, 1.54) is 13.1 Å². The Morgan fingerprint density at radius 2 is 2.21 bits per heavy atom. The van der Waals surface area contributed by atoms with E-state index in [4.69, 9.17) is 5.11 Å². The number of nitrogens with zero attached hydrogens (tertiary/aromatic N) is 1. The summed E-state index contributed by atoms with van der Waals surface area (Å²) in [4.78, 5) is 25.5. The Morgan fingerprint density at radius 3 is 2.71 bits per heavy atom. The molecule has 1 heterocycles. The van der Waals surface area contributed by atoms with Crippen molar-refractivity contribution >= 4 is 17.7 Å². The van der Waals surface area contributed by atoms with Crippen molar-refractivity contribution in [2.75, 3.05) is 5.32 Å². The van der Waals surface area contributed by atoms with Crippen LogP contribution in [-0.4, -0.2) is 22.0 Å². The number of amides is 1. The van der Waals surface area contributed by atoms with Crippen molar-refractivity contribution in [2.24, 2.45) is 5.92 Å². The van der Waals surface area contributed by atoms with Crippen LogP contribution in [0.2, 0.25) is 0 Å². The van der Waals surface area contributed by atoms with Gasteiger partial charge in [0.1, 0.15) is 11.7 Å². The van der Waals surface area contributed by atoms with Crippen molar-refractivity contribution in [1.82, 2.24) is 4.98 Å². The first-order chi connectivity index (χ1) is 6.61. The van der Waals surface area contributed by atoms with E-state index in [9.17, 15) is 9.59 Å². The first kappa shape index (κ1) is 10.2. The number of carbonyl (C=O) groups excluding carboxylic acids is 1. The topological polar surface area (TPSA) is 79.3 Å². The quantitative estimate of drug-likeness (QED) is 0.695. The van der Waals surface area contributed by atoms with Gasteiger partial charge in [0.05, 0.1) is 0 Å². The predicted octanol–water partition coefficient (Wildman–Crippen LogP) is 0.741. The van der Waals surface area contributed by atoms with Gasteiger partial charge in [-0.25, -0.2) is 4.98 Å². The molecule has 0 bridgehead atoms. The molecule has 1 amide bonds. The second-order valence-electron chi connectivity index (χ2n) is 2.76. The van der Waals surface area contributed by atoms with Crippen LogP contribution in [0.3, 0.4) is 0 Å². The van der Waals surface area contributed by atoms with Crippen molar-refractivity contribution in [1.29, 1.82) is 0 Å². The highest BCUT2D eigenvalue weighted by Gasteiger charge is 2.20. The van der Waals surface area contributed by atoms with Crippen LogP contribution < -0.4 is 5.32 Å². The Morgan fingerprint density at radius 1 is 1.50 bits per heavy atom. The van der Waals surface area contributed by atoms with Crippen LogP contribution in [0.4, 0.5) is 5.82 Å². The predicted molar refractivity (Wildman–Crippen MR) is 49.7 cm³/mol. The minimum absolute atomic E-state index is 0.352. The average Bonchev–Trinajstić information content (AvgIpc) is 2.18. The van der Waals surface area contributed by atoms with Gasteiger partial charge in [-0.2, -0.15) is 0 Å². The van der Waals surface area contributed by atoms with Crippen LogP contribution >= 0.6 is 0 Å². The zero-order valence-corrected chi connectivity index (χ0v) is 7.60. The van der Waals surface area contributed by atoms with Gasteiger partial charge < -0.3 is 10.4 Å². The van der Waals surface area contributed by atoms with Gasteiger partial charge in [0.2, 0.25) is 5.91 Å². The molecule has 74 valence electrons. The third-order valence-electron chi connectivity index (χ3n) is 1.68. The first-order valence-electron chi connectivity index (χ1n) is 4.06. The Hall–Kier alpha value is -1.91. The van der Waals surface area contributed by atoms with Gasteiger partial charge in [-0.3, -0.25) is 9.59 Å². The second-order valence-corrected chi connectivity index (χ2v) is 2.76. The van der Waals surface area contributed by atoms with Gasteiger partial charge in [0.25, 0.3) is 0 Å². The Bertz CT molecular complexity index is 337. The van der Waals surface area contributed by atoms with Crippen molar-refractivity contribution in [3.8, 4) is 0 Å². The summed E-state index contributed by atoms with van der Waals surface area (Å²) in [5.41, 5.74) is 0. The lowest BCUT2D eigenvalue weighted by Gasteiger charge is -2.06. The van der Waals surface area contributed by atoms with Crippen molar-refractivity contribution in [3.63, 3.8) is 0 Å². The Labute approximate surface area is 80.8 Å². The van der Waals surface area contributed by atoms with Crippen molar-refractivity contribution < 1.29 is 14.7 Å². The SMILES string of the molecule is CC(C(=O)O)C(=O)Nc1ccccn1. The zero-order valence-electron chi connectivity index (χ0n) is 7.60. The first-order valence-corrected chi connectivity index (χ1v) is 4.06. The fraction of sp³-hybridized carbons (Fsp3) is 0.222. The number of hydrogen-bond donors (Lipinski definition) is 2. The van der Waals surface area contributed by atoms with Crippen LogP contribution in [0.15, 0.2) is 24.4 Å². The maximum atomic E-state index is 11.2. The molecule has 1 aromatic heterocycles. The molecule has 0 aliphatic carbocycles. The highest BCUT2D eigenvalue weighted by Crippen LogP contribution is 2.03. The molecule has 1 atom stereocenters. The molecule has 0 fully saturated rings. The normalized spacial score (nSPS) is 11.8. The van der Waals surface area contributed by atoms with Gasteiger partial charge in [-0.1, -0.05) is 6.07 Å². The summed E-state index contributed by atoms with van der Waals surface area (Å²) in [6.07, 6.45) is 1.51. The van der Waals surface area contributed by atoms with Crippen LogP contribution in [0, 0.1) is 5.92 Å². The maximum absolute atomic E-state index is 11.2. The third kappa shape index (κ3) is 2.55. The lowest BCUT2D eigenvalue weighted by molar-refractivity contribution is -0.144. The lowest BCUT2D eigenvalue weighted by Crippen LogP contribution is -2.27. The van der Waals surface area contributed by atoms with E-state index in [-0.39, 0.29) is 0 Å². The zero-order chi connectivity index (χ0) is 10.6. The molecule has 0 saturated heterocycles. The summed E-state index contributed by atoms with van der Waals surface area (Å²) in [5.74, 6) is -2.45. The van der Waals surface area contributed by atoms with Crippen molar-refractivity contribution in [2.45, 2.75) is 6.92 Å². The van der Waals surface area contributed by atoms with E-state index in [1.807, 2.05) is 0 Å². The molecule has 0 saturated carbocycles. The van der Waals surface area contributed by atoms with E-state index in [0.717, 1.165) is 0 Å². The number of carbonyl (C=O) groups is 2. The van der Waals surface area contributed by atoms with Crippen LogP contribution in [0.25, 0.3) is 0 Å². The van der Waals surface area contributed by atoms with Crippen molar-refractivity contribution in [3.05, 3.63) is 24.4 Å². The molecule has 5 heteroatoms. The molecule has 2 N–H and O–H groups in total. The van der Waals surface area contributed by atoms with Crippen LogP contribution in [0.1, 0.15) is 6.92 Å². The maximum Gasteiger partial charge on any atom is 0.315 e. The molecule has 14 heavy (non-hydrogen) atoms. The summed E-state index contributed by atoms with van der Waals surface area (Å²) in [7, 11) is 0. The van der Waals surface area contributed by atoms with Gasteiger partial charge in [0.15, 0.2) is 0 Å². The average molecular weight is 194 g/mol. The summed E-state index contributed by atoms with van der Waals surface area (Å²) in [6.45, 7) is 1.32. The number of carboxylic acids is 1. The van der Waals surface area contributed by atoms with E-state index < -0.39 is 17.8 Å². The van der Waals surface area contributed by atoms with E-state index >= 15 is 0 Å². The summed E-state index contributed by atoms with van der Waals surface area (Å²) in [6, 6.07) is 5.00. The van der Waals surface area contributed by atoms with Crippen LogP contribution in [-0.2, 0) is 9.59 Å². The summed E-state index contributed by atoms with van der Waals surface area (Å²) in [5, 5.41) is 10.9. The molecular weight excluding hydrogens is 184 g/mol. The Kier molecular flexibility index (Phi) is 3.17. The lowest BCUT2D eigenvalue weighted by atomic mass is 10.2. The molecular formula is C9H10N2O3. The van der Waals surface area contributed by atoms with Gasteiger partial charge in [0, 0.05) is 6.20 Å². The molecule has 0 aromatic carbocycles. The number of aliphatic carboxylic acids is 1. The highest BCUT2D eigenvalue weighted by molar-refractivity contribution is 6.03. The standard InChI is InChI=1S/C9H10N2O3/c1-6(9(13)14)8(12)11-7-4-2-3-5-10-7/h2-6H,1H3,(H,13,14)(H,10,11,12). The van der Waals surface area contributed by atoms with Gasteiger partial charge in [-0.05, 0) is 19.1 Å². The van der Waals surface area contributed by atoms with E-state index in [0.29, 0.717) is 5.82 Å². The van der Waals surface area contributed by atoms with Gasteiger partial charge in [-0.15, -0.1) is 0 Å². The molecule has 1 rings (SSSR count). The molecule has 0 radical (unpaired) electrons. The smallest absolute Gasteiger partial charge is 0.315 e. The number of anilines is 1. The van der Waals surface area contributed by atoms with E-state index in [2.05, 4.69) is 10.3 Å². The number of pyridine rings is 1. The largest absolute Gasteiger partial charge is 0.481 e. The molecule has 0 aliphatic rings. The minimum Gasteiger partial charge on any atom is -0.481 e. The molecule has 0 aliphatic heterocycles. The highest BCUT2D eigenvalue weighted by atomic mass is 16.4. The molecule has 1 aromatic rings. The minimum atomic E-state index is -1.15. The fourth-order valence-electron chi connectivity index (χ4n) is 0.783.